The predicted molar refractivity (Wildman–Crippen MR) is 58.0 cm³/mol. The molecule has 16 heavy (non-hydrogen) atoms. The molecule has 2 unspecified atom stereocenters. The number of carbonyl (C=O) groups is 1. The number of halogens is 1. The number of aliphatic hydroxyl groups excluding tert-OH is 2. The zero-order valence-corrected chi connectivity index (χ0v) is 9.05. The zero-order valence-electron chi connectivity index (χ0n) is 8.30. The summed E-state index contributed by atoms with van der Waals surface area (Å²) in [4.78, 5) is 10.7. The number of benzene rings is 1. The Morgan fingerprint density at radius 1 is 1.50 bits per heavy atom. The molecule has 0 aromatic heterocycles. The fraction of sp³-hybridized carbons (Fsp3) is 0.273. The lowest BCUT2D eigenvalue weighted by Gasteiger charge is -2.17. The van der Waals surface area contributed by atoms with Gasteiger partial charge in [-0.3, -0.25) is 4.79 Å². The van der Waals surface area contributed by atoms with Crippen LogP contribution in [0.25, 0.3) is 0 Å². The van der Waals surface area contributed by atoms with Gasteiger partial charge in [0.2, 0.25) is 0 Å². The number of rotatable bonds is 4. The minimum atomic E-state index is -1.29. The Hall–Kier alpha value is -1.41. The van der Waals surface area contributed by atoms with E-state index in [4.69, 9.17) is 16.9 Å². The van der Waals surface area contributed by atoms with Gasteiger partial charge in [0.25, 0.3) is 0 Å². The van der Waals surface area contributed by atoms with Crippen molar-refractivity contribution in [3.8, 4) is 6.07 Å². The van der Waals surface area contributed by atoms with Gasteiger partial charge in [0.15, 0.2) is 0 Å². The third kappa shape index (κ3) is 2.80. The Bertz CT molecular complexity index is 428. The lowest BCUT2D eigenvalue weighted by molar-refractivity contribution is 0.0213. The molecule has 1 aromatic rings. The van der Waals surface area contributed by atoms with Gasteiger partial charge >= 0.3 is 0 Å². The molecular weight excluding hydrogens is 230 g/mol. The van der Waals surface area contributed by atoms with Crippen LogP contribution in [0.5, 0.6) is 0 Å². The normalized spacial score (nSPS) is 13.9. The molecule has 0 aliphatic carbocycles. The second kappa shape index (κ2) is 5.61. The molecule has 2 N–H and O–H groups in total. The van der Waals surface area contributed by atoms with Crippen molar-refractivity contribution in [3.63, 3.8) is 0 Å². The van der Waals surface area contributed by atoms with Gasteiger partial charge < -0.3 is 10.2 Å². The molecule has 5 heteroatoms. The Morgan fingerprint density at radius 2 is 2.19 bits per heavy atom. The summed E-state index contributed by atoms with van der Waals surface area (Å²) in [7, 11) is 0. The van der Waals surface area contributed by atoms with Gasteiger partial charge in [-0.15, -0.1) is 0 Å². The van der Waals surface area contributed by atoms with Gasteiger partial charge in [-0.2, -0.15) is 5.26 Å². The average molecular weight is 240 g/mol. The van der Waals surface area contributed by atoms with E-state index in [2.05, 4.69) is 0 Å². The van der Waals surface area contributed by atoms with Gasteiger partial charge in [-0.05, 0) is 23.8 Å². The van der Waals surface area contributed by atoms with E-state index >= 15 is 0 Å². The molecule has 0 bridgehead atoms. The lowest BCUT2D eigenvalue weighted by Crippen LogP contribution is -2.18. The number of aliphatic hydroxyl groups is 2. The maximum absolute atomic E-state index is 10.7. The molecule has 0 spiro atoms. The molecule has 0 amide bonds. The second-order valence-electron chi connectivity index (χ2n) is 3.27. The van der Waals surface area contributed by atoms with Crippen LogP contribution in [0.3, 0.4) is 0 Å². The highest BCUT2D eigenvalue weighted by molar-refractivity contribution is 6.30. The summed E-state index contributed by atoms with van der Waals surface area (Å²) in [6.45, 7) is 0. The van der Waals surface area contributed by atoms with Gasteiger partial charge in [-0.25, -0.2) is 0 Å². The SMILES string of the molecule is N#CCC(O)C(O)c1cc(Cl)ccc1C=O. The smallest absolute Gasteiger partial charge is 0.150 e. The number of aldehydes is 1. The predicted octanol–water partition coefficient (Wildman–Crippen LogP) is 1.46. The van der Waals surface area contributed by atoms with Crippen LogP contribution < -0.4 is 0 Å². The summed E-state index contributed by atoms with van der Waals surface area (Å²) < 4.78 is 0. The topological polar surface area (TPSA) is 81.3 Å². The Balaban J connectivity index is 3.06. The number of hydrogen-bond donors (Lipinski definition) is 2. The molecule has 4 nitrogen and oxygen atoms in total. The third-order valence-corrected chi connectivity index (χ3v) is 2.39. The Kier molecular flexibility index (Phi) is 4.44. The van der Waals surface area contributed by atoms with Crippen molar-refractivity contribution in [1.82, 2.24) is 0 Å². The minimum absolute atomic E-state index is 0.216. The van der Waals surface area contributed by atoms with E-state index in [-0.39, 0.29) is 17.5 Å². The Morgan fingerprint density at radius 3 is 2.75 bits per heavy atom. The van der Waals surface area contributed by atoms with Crippen LogP contribution >= 0.6 is 11.6 Å². The second-order valence-corrected chi connectivity index (χ2v) is 3.70. The summed E-state index contributed by atoms with van der Waals surface area (Å²) in [6.07, 6.45) is -2.18. The van der Waals surface area contributed by atoms with Gasteiger partial charge in [0, 0.05) is 10.6 Å². The molecule has 2 atom stereocenters. The lowest BCUT2D eigenvalue weighted by atomic mass is 9.98. The monoisotopic (exact) mass is 239 g/mol. The molecule has 0 aliphatic rings. The van der Waals surface area contributed by atoms with Crippen molar-refractivity contribution >= 4 is 17.9 Å². The number of nitrogens with zero attached hydrogens (tertiary/aromatic N) is 1. The van der Waals surface area contributed by atoms with E-state index in [1.54, 1.807) is 6.07 Å². The van der Waals surface area contributed by atoms with Gasteiger partial charge in [-0.1, -0.05) is 11.6 Å². The standard InChI is InChI=1S/C11H10ClNO3/c12-8-2-1-7(6-14)9(5-8)11(16)10(15)3-4-13/h1-2,5-6,10-11,15-16H,3H2. The molecule has 0 aliphatic heterocycles. The minimum Gasteiger partial charge on any atom is -0.389 e. The van der Waals surface area contributed by atoms with Crippen molar-refractivity contribution in [3.05, 3.63) is 34.3 Å². The molecule has 0 heterocycles. The molecule has 0 radical (unpaired) electrons. The number of hydrogen-bond acceptors (Lipinski definition) is 4. The van der Waals surface area contributed by atoms with E-state index in [1.165, 1.54) is 18.2 Å². The fourth-order valence-corrected chi connectivity index (χ4v) is 1.50. The van der Waals surface area contributed by atoms with Crippen molar-refractivity contribution in [1.29, 1.82) is 5.26 Å². The van der Waals surface area contributed by atoms with Crippen LogP contribution in [0.4, 0.5) is 0 Å². The van der Waals surface area contributed by atoms with Crippen LogP contribution in [0.1, 0.15) is 28.4 Å². The van der Waals surface area contributed by atoms with Crippen LogP contribution in [0.2, 0.25) is 5.02 Å². The molecule has 0 fully saturated rings. The summed E-state index contributed by atoms with van der Waals surface area (Å²) in [5.41, 5.74) is 0.471. The first-order valence-corrected chi connectivity index (χ1v) is 4.95. The highest BCUT2D eigenvalue weighted by Crippen LogP contribution is 2.24. The quantitative estimate of drug-likeness (QED) is 0.780. The van der Waals surface area contributed by atoms with E-state index in [0.29, 0.717) is 11.3 Å². The summed E-state index contributed by atoms with van der Waals surface area (Å²) in [5.74, 6) is 0. The van der Waals surface area contributed by atoms with Crippen molar-refractivity contribution in [2.45, 2.75) is 18.6 Å². The van der Waals surface area contributed by atoms with Gasteiger partial charge in [0.05, 0.1) is 18.6 Å². The van der Waals surface area contributed by atoms with E-state index in [0.717, 1.165) is 0 Å². The Labute approximate surface area is 97.7 Å². The van der Waals surface area contributed by atoms with E-state index < -0.39 is 12.2 Å². The van der Waals surface area contributed by atoms with Crippen molar-refractivity contribution in [2.75, 3.05) is 0 Å². The van der Waals surface area contributed by atoms with Crippen LogP contribution in [-0.4, -0.2) is 22.6 Å². The maximum Gasteiger partial charge on any atom is 0.150 e. The van der Waals surface area contributed by atoms with E-state index in [9.17, 15) is 15.0 Å². The van der Waals surface area contributed by atoms with Crippen molar-refractivity contribution in [2.24, 2.45) is 0 Å². The largest absolute Gasteiger partial charge is 0.389 e. The molecule has 0 saturated carbocycles. The summed E-state index contributed by atoms with van der Waals surface area (Å²) in [5, 5.41) is 27.9. The van der Waals surface area contributed by atoms with Crippen LogP contribution in [-0.2, 0) is 0 Å². The molecular formula is C11H10ClNO3. The van der Waals surface area contributed by atoms with Crippen molar-refractivity contribution < 1.29 is 15.0 Å². The third-order valence-electron chi connectivity index (χ3n) is 2.16. The molecule has 1 aromatic carbocycles. The maximum atomic E-state index is 10.7. The summed E-state index contributed by atoms with van der Waals surface area (Å²) in [6, 6.07) is 6.10. The first kappa shape index (κ1) is 12.7. The van der Waals surface area contributed by atoms with Gasteiger partial charge in [0.1, 0.15) is 12.4 Å². The number of nitriles is 1. The van der Waals surface area contributed by atoms with Crippen LogP contribution in [0, 0.1) is 11.3 Å². The molecule has 84 valence electrons. The highest BCUT2D eigenvalue weighted by Gasteiger charge is 2.21. The molecule has 1 rings (SSSR count). The average Bonchev–Trinajstić information content (AvgIpc) is 2.28. The van der Waals surface area contributed by atoms with E-state index in [1.807, 2.05) is 0 Å². The van der Waals surface area contributed by atoms with Crippen LogP contribution in [0.15, 0.2) is 18.2 Å². The number of carbonyl (C=O) groups excluding carboxylic acids is 1. The fourth-order valence-electron chi connectivity index (χ4n) is 1.32. The highest BCUT2D eigenvalue weighted by atomic mass is 35.5. The zero-order chi connectivity index (χ0) is 12.1. The first-order valence-electron chi connectivity index (χ1n) is 4.58. The first-order chi connectivity index (χ1) is 7.60. The summed E-state index contributed by atoms with van der Waals surface area (Å²) >= 11 is 5.73. The molecule has 0 saturated heterocycles.